The van der Waals surface area contributed by atoms with Gasteiger partial charge in [-0.05, 0) is 54.6 Å². The van der Waals surface area contributed by atoms with Crippen LogP contribution in [0.1, 0.15) is 27.9 Å². The molecule has 0 bridgehead atoms. The Hall–Kier alpha value is -3.59. The summed E-state index contributed by atoms with van der Waals surface area (Å²) in [6.45, 7) is 2.30. The number of benzene rings is 2. The van der Waals surface area contributed by atoms with Gasteiger partial charge in [-0.2, -0.15) is 0 Å². The predicted octanol–water partition coefficient (Wildman–Crippen LogP) is 2.98. The average molecular weight is 468 g/mol. The molecule has 0 aliphatic carbocycles. The molecule has 0 aromatic heterocycles. The normalized spacial score (nSPS) is 14.5. The molecule has 0 radical (unpaired) electrons. The second-order valence-electron chi connectivity index (χ2n) is 7.33. The second kappa shape index (κ2) is 11.3. The maximum Gasteiger partial charge on any atom is 0.293 e. The first kappa shape index (κ1) is 24.1. The van der Waals surface area contributed by atoms with Crippen molar-refractivity contribution in [1.29, 1.82) is 0 Å². The molecule has 0 spiro atoms. The van der Waals surface area contributed by atoms with E-state index in [0.29, 0.717) is 16.2 Å². The van der Waals surface area contributed by atoms with E-state index in [0.717, 1.165) is 27.8 Å². The Bertz CT molecular complexity index is 1080. The molecule has 1 fully saturated rings. The number of thioether (sulfide) groups is 1. The van der Waals surface area contributed by atoms with Gasteiger partial charge in [0.2, 0.25) is 5.91 Å². The van der Waals surface area contributed by atoms with Gasteiger partial charge in [0, 0.05) is 31.6 Å². The molecule has 3 rings (SSSR count). The molecule has 33 heavy (non-hydrogen) atoms. The van der Waals surface area contributed by atoms with Gasteiger partial charge in [-0.15, -0.1) is 0 Å². The van der Waals surface area contributed by atoms with Crippen molar-refractivity contribution in [2.45, 2.75) is 13.3 Å². The van der Waals surface area contributed by atoms with Crippen LogP contribution in [0.25, 0.3) is 6.08 Å². The number of nitrogens with zero attached hydrogens (tertiary/aromatic N) is 1. The van der Waals surface area contributed by atoms with E-state index in [4.69, 9.17) is 4.74 Å². The summed E-state index contributed by atoms with van der Waals surface area (Å²) < 4.78 is 5.11. The first-order chi connectivity index (χ1) is 15.9. The highest BCUT2D eigenvalue weighted by atomic mass is 32.2. The molecule has 0 saturated carbocycles. The Labute approximate surface area is 196 Å². The third-order valence-electron chi connectivity index (χ3n) is 4.86. The molecule has 8 nitrogen and oxygen atoms in total. The molecule has 172 valence electrons. The fraction of sp³-hybridized carbons (Fsp3) is 0.250. The fourth-order valence-electron chi connectivity index (χ4n) is 3.12. The Morgan fingerprint density at radius 3 is 2.52 bits per heavy atom. The molecule has 0 unspecified atom stereocenters. The number of ether oxygens (including phenoxy) is 1. The van der Waals surface area contributed by atoms with Gasteiger partial charge >= 0.3 is 0 Å². The molecular weight excluding hydrogens is 442 g/mol. The minimum Gasteiger partial charge on any atom is -0.497 e. The van der Waals surface area contributed by atoms with Crippen molar-refractivity contribution in [3.8, 4) is 5.75 Å². The molecule has 2 aromatic carbocycles. The summed E-state index contributed by atoms with van der Waals surface area (Å²) in [5, 5.41) is 5.00. The van der Waals surface area contributed by atoms with Crippen LogP contribution >= 0.6 is 11.8 Å². The highest BCUT2D eigenvalue weighted by Crippen LogP contribution is 2.32. The largest absolute Gasteiger partial charge is 0.497 e. The Morgan fingerprint density at radius 1 is 1.06 bits per heavy atom. The van der Waals surface area contributed by atoms with Crippen LogP contribution in [0.3, 0.4) is 0 Å². The van der Waals surface area contributed by atoms with E-state index in [9.17, 15) is 19.2 Å². The molecular formula is C24H25N3O5S. The van der Waals surface area contributed by atoms with Crippen LogP contribution in [0.2, 0.25) is 0 Å². The van der Waals surface area contributed by atoms with Gasteiger partial charge in [-0.3, -0.25) is 24.1 Å². The first-order valence-electron chi connectivity index (χ1n) is 10.4. The van der Waals surface area contributed by atoms with Crippen LogP contribution in [-0.2, 0) is 9.59 Å². The summed E-state index contributed by atoms with van der Waals surface area (Å²) in [6.07, 6.45) is 1.75. The number of nitrogens with one attached hydrogen (secondary N) is 2. The standard InChI is InChI=1S/C24H25N3O5S/c1-16-4-3-5-18(14-16)22(29)26-11-10-21(28)25-12-13-27-23(30)20(33-24(27)31)15-17-6-8-19(32-2)9-7-17/h3-9,14-15H,10-13H2,1-2H3,(H,25,28)(H,26,29)/b20-15-. The molecule has 1 heterocycles. The predicted molar refractivity (Wildman–Crippen MR) is 127 cm³/mol. The minimum absolute atomic E-state index is 0.0754. The van der Waals surface area contributed by atoms with Crippen molar-refractivity contribution >= 4 is 40.8 Å². The number of imide groups is 1. The summed E-state index contributed by atoms with van der Waals surface area (Å²) in [6, 6.07) is 14.3. The highest BCUT2D eigenvalue weighted by molar-refractivity contribution is 8.18. The second-order valence-corrected chi connectivity index (χ2v) is 8.33. The van der Waals surface area contributed by atoms with Crippen molar-refractivity contribution in [3.05, 3.63) is 70.1 Å². The maximum atomic E-state index is 12.6. The smallest absolute Gasteiger partial charge is 0.293 e. The topological polar surface area (TPSA) is 105 Å². The number of aryl methyl sites for hydroxylation is 1. The first-order valence-corrected chi connectivity index (χ1v) is 11.2. The molecule has 1 aliphatic rings. The Balaban J connectivity index is 1.41. The Kier molecular flexibility index (Phi) is 8.26. The summed E-state index contributed by atoms with van der Waals surface area (Å²) in [5.74, 6) is -0.209. The van der Waals surface area contributed by atoms with Gasteiger partial charge in [-0.25, -0.2) is 0 Å². The van der Waals surface area contributed by atoms with Crippen LogP contribution < -0.4 is 15.4 Å². The van der Waals surface area contributed by atoms with Crippen LogP contribution in [-0.4, -0.2) is 54.6 Å². The maximum absolute atomic E-state index is 12.6. The van der Waals surface area contributed by atoms with Gasteiger partial charge in [-0.1, -0.05) is 29.8 Å². The third-order valence-corrected chi connectivity index (χ3v) is 5.77. The molecule has 4 amide bonds. The van der Waals surface area contributed by atoms with E-state index in [1.54, 1.807) is 55.7 Å². The summed E-state index contributed by atoms with van der Waals surface area (Å²) in [4.78, 5) is 50.3. The van der Waals surface area contributed by atoms with Crippen LogP contribution in [0.4, 0.5) is 4.79 Å². The van der Waals surface area contributed by atoms with Gasteiger partial charge in [0.1, 0.15) is 5.75 Å². The van der Waals surface area contributed by atoms with E-state index in [2.05, 4.69) is 10.6 Å². The molecule has 0 atom stereocenters. The molecule has 1 aliphatic heterocycles. The lowest BCUT2D eigenvalue weighted by Crippen LogP contribution is -2.38. The van der Waals surface area contributed by atoms with Gasteiger partial charge in [0.15, 0.2) is 0 Å². The van der Waals surface area contributed by atoms with Gasteiger partial charge < -0.3 is 15.4 Å². The van der Waals surface area contributed by atoms with E-state index in [1.807, 2.05) is 13.0 Å². The van der Waals surface area contributed by atoms with Crippen molar-refractivity contribution in [3.63, 3.8) is 0 Å². The zero-order valence-corrected chi connectivity index (χ0v) is 19.2. The summed E-state index contributed by atoms with van der Waals surface area (Å²) in [5.41, 5.74) is 2.30. The van der Waals surface area contributed by atoms with Crippen molar-refractivity contribution in [1.82, 2.24) is 15.5 Å². The lowest BCUT2D eigenvalue weighted by atomic mass is 10.1. The molecule has 2 aromatic rings. The number of carbonyl (C=O) groups is 4. The van der Waals surface area contributed by atoms with E-state index in [1.165, 1.54) is 0 Å². The van der Waals surface area contributed by atoms with Gasteiger partial charge in [0.25, 0.3) is 17.1 Å². The number of rotatable bonds is 9. The molecule has 2 N–H and O–H groups in total. The lowest BCUT2D eigenvalue weighted by molar-refractivity contribution is -0.124. The summed E-state index contributed by atoms with van der Waals surface area (Å²) in [7, 11) is 1.57. The van der Waals surface area contributed by atoms with Crippen LogP contribution in [0, 0.1) is 6.92 Å². The van der Waals surface area contributed by atoms with E-state index in [-0.39, 0.29) is 49.0 Å². The van der Waals surface area contributed by atoms with Crippen LogP contribution in [0.15, 0.2) is 53.4 Å². The Morgan fingerprint density at radius 2 is 1.82 bits per heavy atom. The molecule has 9 heteroatoms. The number of carbonyl (C=O) groups excluding carboxylic acids is 4. The number of methoxy groups -OCH3 is 1. The average Bonchev–Trinajstić information content (AvgIpc) is 3.06. The number of amides is 4. The van der Waals surface area contributed by atoms with Crippen LogP contribution in [0.5, 0.6) is 5.75 Å². The zero-order chi connectivity index (χ0) is 23.8. The number of hydrogen-bond acceptors (Lipinski definition) is 6. The van der Waals surface area contributed by atoms with E-state index >= 15 is 0 Å². The molecule has 1 saturated heterocycles. The van der Waals surface area contributed by atoms with Gasteiger partial charge in [0.05, 0.1) is 12.0 Å². The number of hydrogen-bond donors (Lipinski definition) is 2. The third kappa shape index (κ3) is 6.69. The van der Waals surface area contributed by atoms with Crippen molar-refractivity contribution in [2.75, 3.05) is 26.7 Å². The minimum atomic E-state index is -0.388. The van der Waals surface area contributed by atoms with E-state index < -0.39 is 0 Å². The van der Waals surface area contributed by atoms with Crippen molar-refractivity contribution in [2.24, 2.45) is 0 Å². The fourth-order valence-corrected chi connectivity index (χ4v) is 3.98. The lowest BCUT2D eigenvalue weighted by Gasteiger charge is -2.13. The highest BCUT2D eigenvalue weighted by Gasteiger charge is 2.34. The zero-order valence-electron chi connectivity index (χ0n) is 18.4. The van der Waals surface area contributed by atoms with Crippen molar-refractivity contribution < 1.29 is 23.9 Å². The SMILES string of the molecule is COc1ccc(/C=C2\SC(=O)N(CCNC(=O)CCNC(=O)c3cccc(C)c3)C2=O)cc1. The summed E-state index contributed by atoms with van der Waals surface area (Å²) >= 11 is 0.868. The monoisotopic (exact) mass is 467 g/mol. The quantitative estimate of drug-likeness (QED) is 0.550.